The van der Waals surface area contributed by atoms with E-state index in [1.807, 2.05) is 19.1 Å². The Bertz CT molecular complexity index is 348. The van der Waals surface area contributed by atoms with E-state index in [0.29, 0.717) is 18.1 Å². The molecule has 1 unspecified atom stereocenters. The van der Waals surface area contributed by atoms with Crippen LogP contribution in [-0.4, -0.2) is 23.2 Å². The van der Waals surface area contributed by atoms with E-state index in [-0.39, 0.29) is 0 Å². The van der Waals surface area contributed by atoms with Crippen molar-refractivity contribution in [2.75, 3.05) is 13.1 Å². The molecule has 3 nitrogen and oxygen atoms in total. The van der Waals surface area contributed by atoms with E-state index < -0.39 is 5.60 Å². The minimum Gasteiger partial charge on any atom is -0.384 e. The van der Waals surface area contributed by atoms with Crippen molar-refractivity contribution in [1.29, 1.82) is 0 Å². The minimum absolute atomic E-state index is 0.413. The molecule has 1 saturated heterocycles. The number of aliphatic hydroxyl groups is 1. The van der Waals surface area contributed by atoms with Crippen molar-refractivity contribution < 1.29 is 5.11 Å². The van der Waals surface area contributed by atoms with Gasteiger partial charge in [-0.05, 0) is 26.0 Å². The van der Waals surface area contributed by atoms with Crippen molar-refractivity contribution in [3.05, 3.63) is 28.5 Å². The number of aryl methyl sites for hydroxylation is 1. The van der Waals surface area contributed by atoms with Crippen molar-refractivity contribution in [3.63, 3.8) is 0 Å². The Morgan fingerprint density at radius 3 is 2.93 bits per heavy atom. The molecule has 2 heterocycles. The lowest BCUT2D eigenvalue weighted by atomic mass is 9.94. The number of nitrogens with one attached hydrogen (secondary N) is 1. The van der Waals surface area contributed by atoms with Gasteiger partial charge in [0, 0.05) is 17.8 Å². The van der Waals surface area contributed by atoms with Crippen LogP contribution in [0.25, 0.3) is 0 Å². The molecule has 0 bridgehead atoms. The first-order valence-electron chi connectivity index (χ1n) is 4.68. The lowest BCUT2D eigenvalue weighted by molar-refractivity contribution is 0.0585. The summed E-state index contributed by atoms with van der Waals surface area (Å²) in [6, 6.07) is 3.73. The molecule has 0 spiro atoms. The summed E-state index contributed by atoms with van der Waals surface area (Å²) >= 11 is 6.00. The molecule has 1 aromatic rings. The normalized spacial score (nSPS) is 26.8. The maximum absolute atomic E-state index is 10.2. The fourth-order valence-electron chi connectivity index (χ4n) is 1.78. The number of aromatic nitrogens is 1. The Labute approximate surface area is 88.1 Å². The first kappa shape index (κ1) is 9.90. The highest BCUT2D eigenvalue weighted by molar-refractivity contribution is 6.30. The molecule has 1 aromatic heterocycles. The standard InChI is InChI=1S/C10H13ClN2O/c1-7-2-3-8(9(11)13-7)10(14)4-5-12-6-10/h2-3,12,14H,4-6H2,1H3. The number of pyridine rings is 1. The summed E-state index contributed by atoms with van der Waals surface area (Å²) in [7, 11) is 0. The van der Waals surface area contributed by atoms with Crippen LogP contribution >= 0.6 is 11.6 Å². The average molecular weight is 213 g/mol. The van der Waals surface area contributed by atoms with Crippen LogP contribution in [0.3, 0.4) is 0 Å². The maximum Gasteiger partial charge on any atom is 0.135 e. The molecular weight excluding hydrogens is 200 g/mol. The van der Waals surface area contributed by atoms with Crippen LogP contribution in [0.15, 0.2) is 12.1 Å². The highest BCUT2D eigenvalue weighted by Crippen LogP contribution is 2.31. The summed E-state index contributed by atoms with van der Waals surface area (Å²) in [6.07, 6.45) is 0.692. The van der Waals surface area contributed by atoms with Crippen molar-refractivity contribution in [2.24, 2.45) is 0 Å². The number of hydrogen-bond acceptors (Lipinski definition) is 3. The van der Waals surface area contributed by atoms with Crippen LogP contribution in [0, 0.1) is 6.92 Å². The molecule has 2 N–H and O–H groups in total. The fourth-order valence-corrected chi connectivity index (χ4v) is 2.15. The van der Waals surface area contributed by atoms with Crippen molar-refractivity contribution in [3.8, 4) is 0 Å². The van der Waals surface area contributed by atoms with Gasteiger partial charge in [-0.2, -0.15) is 0 Å². The van der Waals surface area contributed by atoms with Gasteiger partial charge < -0.3 is 10.4 Å². The SMILES string of the molecule is Cc1ccc(C2(O)CCNC2)c(Cl)n1. The smallest absolute Gasteiger partial charge is 0.135 e. The second-order valence-corrected chi connectivity index (χ2v) is 4.11. The number of nitrogens with zero attached hydrogens (tertiary/aromatic N) is 1. The van der Waals surface area contributed by atoms with Gasteiger partial charge in [-0.15, -0.1) is 0 Å². The van der Waals surface area contributed by atoms with Crippen molar-refractivity contribution in [2.45, 2.75) is 18.9 Å². The summed E-state index contributed by atoms with van der Waals surface area (Å²) in [6.45, 7) is 3.25. The van der Waals surface area contributed by atoms with Crippen LogP contribution in [0.4, 0.5) is 0 Å². The molecule has 1 fully saturated rings. The third kappa shape index (κ3) is 1.63. The molecule has 1 atom stereocenters. The topological polar surface area (TPSA) is 45.1 Å². The molecular formula is C10H13ClN2O. The summed E-state index contributed by atoms with van der Waals surface area (Å²) in [5.41, 5.74) is 0.765. The lowest BCUT2D eigenvalue weighted by Gasteiger charge is -2.22. The van der Waals surface area contributed by atoms with E-state index in [1.54, 1.807) is 0 Å². The molecule has 0 saturated carbocycles. The van der Waals surface area contributed by atoms with Crippen LogP contribution in [0.2, 0.25) is 5.15 Å². The molecule has 2 rings (SSSR count). The molecule has 0 aliphatic carbocycles. The zero-order valence-electron chi connectivity index (χ0n) is 8.05. The van der Waals surface area contributed by atoms with Gasteiger partial charge in [-0.1, -0.05) is 17.7 Å². The van der Waals surface area contributed by atoms with Crippen LogP contribution in [0.5, 0.6) is 0 Å². The fraction of sp³-hybridized carbons (Fsp3) is 0.500. The van der Waals surface area contributed by atoms with Gasteiger partial charge in [-0.3, -0.25) is 0 Å². The van der Waals surface area contributed by atoms with Gasteiger partial charge >= 0.3 is 0 Å². The molecule has 1 aliphatic heterocycles. The van der Waals surface area contributed by atoms with E-state index in [9.17, 15) is 5.11 Å². The zero-order chi connectivity index (χ0) is 10.2. The Balaban J connectivity index is 2.40. The van der Waals surface area contributed by atoms with Gasteiger partial charge in [0.25, 0.3) is 0 Å². The number of hydrogen-bond donors (Lipinski definition) is 2. The van der Waals surface area contributed by atoms with E-state index in [0.717, 1.165) is 17.8 Å². The van der Waals surface area contributed by atoms with Gasteiger partial charge in [0.05, 0.1) is 0 Å². The second kappa shape index (κ2) is 3.50. The van der Waals surface area contributed by atoms with Crippen LogP contribution in [-0.2, 0) is 5.60 Å². The van der Waals surface area contributed by atoms with Gasteiger partial charge in [0.15, 0.2) is 0 Å². The molecule has 4 heteroatoms. The highest BCUT2D eigenvalue weighted by atomic mass is 35.5. The summed E-state index contributed by atoms with van der Waals surface area (Å²) < 4.78 is 0. The monoisotopic (exact) mass is 212 g/mol. The second-order valence-electron chi connectivity index (χ2n) is 3.75. The Morgan fingerprint density at radius 2 is 2.36 bits per heavy atom. The largest absolute Gasteiger partial charge is 0.384 e. The Hall–Kier alpha value is -0.640. The Kier molecular flexibility index (Phi) is 2.47. The summed E-state index contributed by atoms with van der Waals surface area (Å²) in [5.74, 6) is 0. The summed E-state index contributed by atoms with van der Waals surface area (Å²) in [5, 5.41) is 13.8. The van der Waals surface area contributed by atoms with Gasteiger partial charge in [0.1, 0.15) is 10.8 Å². The van der Waals surface area contributed by atoms with Gasteiger partial charge in [-0.25, -0.2) is 4.98 Å². The van der Waals surface area contributed by atoms with Crippen molar-refractivity contribution in [1.82, 2.24) is 10.3 Å². The third-order valence-electron chi connectivity index (χ3n) is 2.62. The Morgan fingerprint density at radius 1 is 1.57 bits per heavy atom. The number of β-amino-alcohol motifs (C(OH)–C–C–N with tert-alkyl or cyclic N) is 1. The molecule has 76 valence electrons. The lowest BCUT2D eigenvalue weighted by Crippen LogP contribution is -2.28. The molecule has 0 radical (unpaired) electrons. The minimum atomic E-state index is -0.836. The number of rotatable bonds is 1. The zero-order valence-corrected chi connectivity index (χ0v) is 8.80. The van der Waals surface area contributed by atoms with E-state index in [4.69, 9.17) is 11.6 Å². The van der Waals surface area contributed by atoms with Gasteiger partial charge in [0.2, 0.25) is 0 Å². The predicted octanol–water partition coefficient (Wildman–Crippen LogP) is 1.22. The highest BCUT2D eigenvalue weighted by Gasteiger charge is 2.35. The first-order valence-corrected chi connectivity index (χ1v) is 5.06. The van der Waals surface area contributed by atoms with Crippen LogP contribution < -0.4 is 5.32 Å². The summed E-state index contributed by atoms with van der Waals surface area (Å²) in [4.78, 5) is 4.14. The quantitative estimate of drug-likeness (QED) is 0.689. The maximum atomic E-state index is 10.2. The third-order valence-corrected chi connectivity index (χ3v) is 2.91. The molecule has 0 aromatic carbocycles. The van der Waals surface area contributed by atoms with Crippen LogP contribution in [0.1, 0.15) is 17.7 Å². The average Bonchev–Trinajstić information content (AvgIpc) is 2.52. The molecule has 14 heavy (non-hydrogen) atoms. The van der Waals surface area contributed by atoms with E-state index in [2.05, 4.69) is 10.3 Å². The van der Waals surface area contributed by atoms with E-state index in [1.165, 1.54) is 0 Å². The number of halogens is 1. The van der Waals surface area contributed by atoms with E-state index >= 15 is 0 Å². The molecule has 0 amide bonds. The first-order chi connectivity index (χ1) is 6.62. The predicted molar refractivity (Wildman–Crippen MR) is 55.4 cm³/mol. The molecule has 1 aliphatic rings. The van der Waals surface area contributed by atoms with Crippen molar-refractivity contribution >= 4 is 11.6 Å².